The van der Waals surface area contributed by atoms with E-state index in [1.165, 1.54) is 25.0 Å². The van der Waals surface area contributed by atoms with Crippen molar-refractivity contribution in [1.29, 1.82) is 0 Å². The Morgan fingerprint density at radius 3 is 2.59 bits per heavy atom. The smallest absolute Gasteiger partial charge is 0.225 e. The average Bonchev–Trinajstić information content (AvgIpc) is 3.34. The van der Waals surface area contributed by atoms with Gasteiger partial charge in [-0.25, -0.2) is 9.37 Å². The standard InChI is InChI=1S/C17H21FN4/c1-3-11(2)19-17-21-15(12-4-5-12)10-16(22-17)20-14-8-6-13(18)7-9-14/h6-12H,3-5H2,1-2H3,(H2,19,20,21,22)/t11-/m0/s1. The maximum atomic E-state index is 13.0. The summed E-state index contributed by atoms with van der Waals surface area (Å²) in [5.74, 6) is 1.71. The van der Waals surface area contributed by atoms with Gasteiger partial charge in [0.1, 0.15) is 11.6 Å². The van der Waals surface area contributed by atoms with Gasteiger partial charge in [0, 0.05) is 23.7 Å². The van der Waals surface area contributed by atoms with Crippen LogP contribution < -0.4 is 10.6 Å². The quantitative estimate of drug-likeness (QED) is 0.827. The Labute approximate surface area is 130 Å². The second kappa shape index (κ2) is 6.30. The fourth-order valence-electron chi connectivity index (χ4n) is 2.19. The Morgan fingerprint density at radius 1 is 1.23 bits per heavy atom. The third-order valence-corrected chi connectivity index (χ3v) is 3.85. The van der Waals surface area contributed by atoms with Crippen LogP contribution in [0.1, 0.15) is 44.7 Å². The fraction of sp³-hybridized carbons (Fsp3) is 0.412. The lowest BCUT2D eigenvalue weighted by molar-refractivity contribution is 0.628. The first-order valence-corrected chi connectivity index (χ1v) is 7.82. The molecule has 0 spiro atoms. The number of aromatic nitrogens is 2. The van der Waals surface area contributed by atoms with Gasteiger partial charge in [-0.2, -0.15) is 4.98 Å². The summed E-state index contributed by atoms with van der Waals surface area (Å²) in [4.78, 5) is 9.14. The largest absolute Gasteiger partial charge is 0.352 e. The minimum Gasteiger partial charge on any atom is -0.352 e. The predicted octanol–water partition coefficient (Wildman–Crippen LogP) is 4.45. The number of benzene rings is 1. The van der Waals surface area contributed by atoms with Crippen molar-refractivity contribution >= 4 is 17.5 Å². The molecule has 0 saturated heterocycles. The Hall–Kier alpha value is -2.17. The van der Waals surface area contributed by atoms with Crippen LogP contribution in [0.15, 0.2) is 30.3 Å². The lowest BCUT2D eigenvalue weighted by Crippen LogP contribution is -2.16. The van der Waals surface area contributed by atoms with E-state index in [-0.39, 0.29) is 5.82 Å². The Morgan fingerprint density at radius 2 is 1.95 bits per heavy atom. The molecular formula is C17H21FN4. The van der Waals surface area contributed by atoms with Gasteiger partial charge in [0.2, 0.25) is 5.95 Å². The highest BCUT2D eigenvalue weighted by Crippen LogP contribution is 2.40. The summed E-state index contributed by atoms with van der Waals surface area (Å²) >= 11 is 0. The number of nitrogens with zero attached hydrogens (tertiary/aromatic N) is 2. The molecule has 5 heteroatoms. The van der Waals surface area contributed by atoms with Crippen LogP contribution in [0.25, 0.3) is 0 Å². The van der Waals surface area contributed by atoms with Crippen molar-refractivity contribution in [1.82, 2.24) is 9.97 Å². The van der Waals surface area contributed by atoms with E-state index in [0.29, 0.717) is 17.9 Å². The van der Waals surface area contributed by atoms with Crippen molar-refractivity contribution in [2.24, 2.45) is 0 Å². The Balaban J connectivity index is 1.83. The van der Waals surface area contributed by atoms with E-state index >= 15 is 0 Å². The van der Waals surface area contributed by atoms with Crippen molar-refractivity contribution in [3.8, 4) is 0 Å². The van der Waals surface area contributed by atoms with Gasteiger partial charge in [-0.3, -0.25) is 0 Å². The van der Waals surface area contributed by atoms with Crippen LogP contribution in [0.3, 0.4) is 0 Å². The normalized spacial score (nSPS) is 15.4. The van der Waals surface area contributed by atoms with E-state index in [2.05, 4.69) is 34.4 Å². The van der Waals surface area contributed by atoms with Gasteiger partial charge in [-0.15, -0.1) is 0 Å². The summed E-state index contributed by atoms with van der Waals surface area (Å²) < 4.78 is 13.0. The number of anilines is 3. The molecule has 1 heterocycles. The molecule has 1 aromatic carbocycles. The summed E-state index contributed by atoms with van der Waals surface area (Å²) in [5.41, 5.74) is 1.89. The maximum Gasteiger partial charge on any atom is 0.225 e. The van der Waals surface area contributed by atoms with Crippen LogP contribution in [0.2, 0.25) is 0 Å². The summed E-state index contributed by atoms with van der Waals surface area (Å²) in [6, 6.07) is 8.59. The first-order chi connectivity index (χ1) is 10.6. The van der Waals surface area contributed by atoms with Crippen LogP contribution in [0, 0.1) is 5.82 Å². The van der Waals surface area contributed by atoms with Crippen molar-refractivity contribution < 1.29 is 4.39 Å². The predicted molar refractivity (Wildman–Crippen MR) is 87.1 cm³/mol. The molecule has 0 radical (unpaired) electrons. The summed E-state index contributed by atoms with van der Waals surface area (Å²) in [7, 11) is 0. The molecule has 1 saturated carbocycles. The molecule has 1 aliphatic carbocycles. The molecule has 1 aliphatic rings. The summed E-state index contributed by atoms with van der Waals surface area (Å²) in [6.07, 6.45) is 3.39. The molecule has 0 amide bonds. The van der Waals surface area contributed by atoms with Crippen molar-refractivity contribution in [2.75, 3.05) is 10.6 Å². The molecule has 2 N–H and O–H groups in total. The summed E-state index contributed by atoms with van der Waals surface area (Å²) in [6.45, 7) is 4.24. The van der Waals surface area contributed by atoms with E-state index in [4.69, 9.17) is 0 Å². The van der Waals surface area contributed by atoms with Gasteiger partial charge >= 0.3 is 0 Å². The molecule has 0 bridgehead atoms. The molecule has 22 heavy (non-hydrogen) atoms. The monoisotopic (exact) mass is 300 g/mol. The van der Waals surface area contributed by atoms with E-state index in [1.54, 1.807) is 12.1 Å². The highest BCUT2D eigenvalue weighted by Gasteiger charge is 2.26. The average molecular weight is 300 g/mol. The second-order valence-corrected chi connectivity index (χ2v) is 5.86. The fourth-order valence-corrected chi connectivity index (χ4v) is 2.19. The zero-order chi connectivity index (χ0) is 15.5. The van der Waals surface area contributed by atoms with Crippen LogP contribution in [-0.4, -0.2) is 16.0 Å². The molecule has 0 aliphatic heterocycles. The Kier molecular flexibility index (Phi) is 4.22. The molecule has 1 aromatic heterocycles. The van der Waals surface area contributed by atoms with Gasteiger partial charge in [0.05, 0.1) is 5.69 Å². The van der Waals surface area contributed by atoms with Crippen LogP contribution in [0.5, 0.6) is 0 Å². The van der Waals surface area contributed by atoms with Gasteiger partial charge in [0.25, 0.3) is 0 Å². The molecule has 1 fully saturated rings. The van der Waals surface area contributed by atoms with Gasteiger partial charge in [-0.05, 0) is 50.5 Å². The molecule has 2 aromatic rings. The SMILES string of the molecule is CC[C@H](C)Nc1nc(Nc2ccc(F)cc2)cc(C2CC2)n1. The zero-order valence-corrected chi connectivity index (χ0v) is 12.9. The number of hydrogen-bond acceptors (Lipinski definition) is 4. The topological polar surface area (TPSA) is 49.8 Å². The number of hydrogen-bond donors (Lipinski definition) is 2. The van der Waals surface area contributed by atoms with Crippen LogP contribution in [0.4, 0.5) is 21.8 Å². The van der Waals surface area contributed by atoms with Crippen molar-refractivity contribution in [2.45, 2.75) is 45.1 Å². The number of halogens is 1. The third-order valence-electron chi connectivity index (χ3n) is 3.85. The molecule has 0 unspecified atom stereocenters. The first-order valence-electron chi connectivity index (χ1n) is 7.82. The third kappa shape index (κ3) is 3.72. The van der Waals surface area contributed by atoms with E-state index in [9.17, 15) is 4.39 Å². The highest BCUT2D eigenvalue weighted by molar-refractivity contribution is 5.58. The molecule has 3 rings (SSSR count). The van der Waals surface area contributed by atoms with Gasteiger partial charge in [-0.1, -0.05) is 6.92 Å². The number of nitrogens with one attached hydrogen (secondary N) is 2. The summed E-state index contributed by atoms with van der Waals surface area (Å²) in [5, 5.41) is 6.56. The van der Waals surface area contributed by atoms with Crippen LogP contribution >= 0.6 is 0 Å². The molecule has 1 atom stereocenters. The van der Waals surface area contributed by atoms with E-state index in [1.807, 2.05) is 6.07 Å². The highest BCUT2D eigenvalue weighted by atomic mass is 19.1. The number of rotatable bonds is 6. The zero-order valence-electron chi connectivity index (χ0n) is 12.9. The van der Waals surface area contributed by atoms with Crippen LogP contribution in [-0.2, 0) is 0 Å². The molecular weight excluding hydrogens is 279 g/mol. The van der Waals surface area contributed by atoms with Crippen molar-refractivity contribution in [3.05, 3.63) is 41.8 Å². The maximum absolute atomic E-state index is 13.0. The van der Waals surface area contributed by atoms with Gasteiger partial charge < -0.3 is 10.6 Å². The first kappa shape index (κ1) is 14.8. The lowest BCUT2D eigenvalue weighted by Gasteiger charge is -2.14. The van der Waals surface area contributed by atoms with Gasteiger partial charge in [0.15, 0.2) is 0 Å². The molecule has 116 valence electrons. The minimum absolute atomic E-state index is 0.244. The minimum atomic E-state index is -0.244. The second-order valence-electron chi connectivity index (χ2n) is 5.86. The van der Waals surface area contributed by atoms with Crippen molar-refractivity contribution in [3.63, 3.8) is 0 Å². The lowest BCUT2D eigenvalue weighted by atomic mass is 10.2. The Bertz CT molecular complexity index is 638. The van der Waals surface area contributed by atoms with E-state index in [0.717, 1.165) is 23.6 Å². The van der Waals surface area contributed by atoms with E-state index < -0.39 is 0 Å². The molecule has 4 nitrogen and oxygen atoms in total.